The standard InChI is InChI=1S/C13H15ClN4O3S/c1-3-18-11(9(14)6-15-18)12(20)17-13-16-8(7-22-13)5-10(19)21-4-2/h6-7H,3-5H2,1-2H3,(H,16,17,20). The number of thiazole rings is 1. The summed E-state index contributed by atoms with van der Waals surface area (Å²) in [5.74, 6) is -0.737. The van der Waals surface area contributed by atoms with Crippen LogP contribution in [-0.2, 0) is 22.5 Å². The van der Waals surface area contributed by atoms with E-state index in [0.717, 1.165) is 0 Å². The summed E-state index contributed by atoms with van der Waals surface area (Å²) < 4.78 is 6.36. The number of hydrogen-bond donors (Lipinski definition) is 1. The van der Waals surface area contributed by atoms with Gasteiger partial charge in [-0.1, -0.05) is 11.6 Å². The van der Waals surface area contributed by atoms with Gasteiger partial charge in [0.2, 0.25) is 0 Å². The first-order valence-corrected chi connectivity index (χ1v) is 7.93. The van der Waals surface area contributed by atoms with Crippen molar-refractivity contribution in [3.63, 3.8) is 0 Å². The number of nitrogens with one attached hydrogen (secondary N) is 1. The van der Waals surface area contributed by atoms with E-state index in [9.17, 15) is 9.59 Å². The Bertz CT molecular complexity index is 683. The number of amides is 1. The summed E-state index contributed by atoms with van der Waals surface area (Å²) in [5.41, 5.74) is 0.833. The van der Waals surface area contributed by atoms with E-state index in [4.69, 9.17) is 16.3 Å². The first-order valence-electron chi connectivity index (χ1n) is 6.67. The van der Waals surface area contributed by atoms with Gasteiger partial charge in [0.1, 0.15) is 5.69 Å². The molecule has 0 fully saturated rings. The van der Waals surface area contributed by atoms with Crippen molar-refractivity contribution in [1.29, 1.82) is 0 Å². The predicted molar refractivity (Wildman–Crippen MR) is 83.3 cm³/mol. The van der Waals surface area contributed by atoms with Crippen LogP contribution in [0.4, 0.5) is 5.13 Å². The van der Waals surface area contributed by atoms with Gasteiger partial charge in [-0.25, -0.2) is 4.98 Å². The molecule has 0 aliphatic heterocycles. The molecule has 0 saturated heterocycles. The molecule has 0 saturated carbocycles. The summed E-state index contributed by atoms with van der Waals surface area (Å²) in [7, 11) is 0. The highest BCUT2D eigenvalue weighted by Crippen LogP contribution is 2.20. The second-order valence-electron chi connectivity index (χ2n) is 4.24. The van der Waals surface area contributed by atoms with E-state index in [-0.39, 0.29) is 29.0 Å². The van der Waals surface area contributed by atoms with Gasteiger partial charge in [-0.05, 0) is 13.8 Å². The molecule has 118 valence electrons. The molecule has 0 atom stereocenters. The smallest absolute Gasteiger partial charge is 0.311 e. The molecule has 2 heterocycles. The Hall–Kier alpha value is -1.93. The Balaban J connectivity index is 2.05. The molecule has 2 aromatic rings. The molecule has 22 heavy (non-hydrogen) atoms. The Labute approximate surface area is 136 Å². The van der Waals surface area contributed by atoms with Crippen molar-refractivity contribution in [1.82, 2.24) is 14.8 Å². The predicted octanol–water partition coefficient (Wildman–Crippen LogP) is 2.37. The van der Waals surface area contributed by atoms with Crippen LogP contribution >= 0.6 is 22.9 Å². The van der Waals surface area contributed by atoms with E-state index < -0.39 is 0 Å². The van der Waals surface area contributed by atoms with Crippen molar-refractivity contribution in [2.45, 2.75) is 26.8 Å². The summed E-state index contributed by atoms with van der Waals surface area (Å²) in [6.07, 6.45) is 1.50. The van der Waals surface area contributed by atoms with E-state index in [1.807, 2.05) is 6.92 Å². The van der Waals surface area contributed by atoms with Crippen molar-refractivity contribution >= 4 is 39.9 Å². The number of ether oxygens (including phenoxy) is 1. The minimum Gasteiger partial charge on any atom is -0.466 e. The normalized spacial score (nSPS) is 10.5. The van der Waals surface area contributed by atoms with E-state index in [1.54, 1.807) is 12.3 Å². The fourth-order valence-electron chi connectivity index (χ4n) is 1.79. The van der Waals surface area contributed by atoms with Crippen LogP contribution in [0, 0.1) is 0 Å². The Morgan fingerprint density at radius 3 is 2.91 bits per heavy atom. The molecule has 1 amide bonds. The topological polar surface area (TPSA) is 86.1 Å². The van der Waals surface area contributed by atoms with Gasteiger partial charge in [0.05, 0.1) is 29.9 Å². The molecule has 0 aliphatic carbocycles. The summed E-state index contributed by atoms with van der Waals surface area (Å²) in [4.78, 5) is 27.8. The van der Waals surface area contributed by atoms with Crippen LogP contribution in [0.15, 0.2) is 11.6 Å². The number of rotatable bonds is 6. The highest BCUT2D eigenvalue weighted by molar-refractivity contribution is 7.14. The first-order chi connectivity index (χ1) is 10.5. The number of aromatic nitrogens is 3. The first kappa shape index (κ1) is 16.4. The van der Waals surface area contributed by atoms with Gasteiger partial charge in [0.25, 0.3) is 5.91 Å². The fraction of sp³-hybridized carbons (Fsp3) is 0.385. The monoisotopic (exact) mass is 342 g/mol. The zero-order chi connectivity index (χ0) is 16.1. The van der Waals surface area contributed by atoms with Gasteiger partial charge in [-0.15, -0.1) is 11.3 Å². The molecule has 2 rings (SSSR count). The van der Waals surface area contributed by atoms with Crippen molar-refractivity contribution in [3.8, 4) is 0 Å². The van der Waals surface area contributed by atoms with Gasteiger partial charge >= 0.3 is 5.97 Å². The fourth-order valence-corrected chi connectivity index (χ4v) is 2.72. The van der Waals surface area contributed by atoms with Gasteiger partial charge in [0, 0.05) is 11.9 Å². The van der Waals surface area contributed by atoms with Crippen LogP contribution in [0.1, 0.15) is 30.0 Å². The zero-order valence-electron chi connectivity index (χ0n) is 12.1. The summed E-state index contributed by atoms with van der Waals surface area (Å²) >= 11 is 7.20. The van der Waals surface area contributed by atoms with Crippen molar-refractivity contribution in [2.24, 2.45) is 0 Å². The molecule has 0 spiro atoms. The summed E-state index contributed by atoms with van der Waals surface area (Å²) in [6, 6.07) is 0. The van der Waals surface area contributed by atoms with Gasteiger partial charge in [0.15, 0.2) is 5.13 Å². The van der Waals surface area contributed by atoms with Crippen LogP contribution < -0.4 is 5.32 Å². The number of anilines is 1. The lowest BCUT2D eigenvalue weighted by Crippen LogP contribution is -2.18. The molecule has 0 aliphatic rings. The van der Waals surface area contributed by atoms with Gasteiger partial charge < -0.3 is 4.74 Å². The van der Waals surface area contributed by atoms with Crippen molar-refractivity contribution < 1.29 is 14.3 Å². The average molecular weight is 343 g/mol. The molecule has 0 bridgehead atoms. The Morgan fingerprint density at radius 2 is 2.23 bits per heavy atom. The lowest BCUT2D eigenvalue weighted by molar-refractivity contribution is -0.142. The van der Waals surface area contributed by atoms with Gasteiger partial charge in [-0.3, -0.25) is 19.6 Å². The SMILES string of the molecule is CCOC(=O)Cc1csc(NC(=O)c2c(Cl)cnn2CC)n1. The molecular formula is C13H15ClN4O3S. The number of hydrogen-bond acceptors (Lipinski definition) is 6. The molecule has 7 nitrogen and oxygen atoms in total. The molecule has 9 heteroatoms. The molecule has 0 radical (unpaired) electrons. The Kier molecular flexibility index (Phi) is 5.51. The zero-order valence-corrected chi connectivity index (χ0v) is 13.7. The minimum absolute atomic E-state index is 0.0772. The van der Waals surface area contributed by atoms with Crippen molar-refractivity contribution in [2.75, 3.05) is 11.9 Å². The van der Waals surface area contributed by atoms with Crippen LogP contribution in [0.25, 0.3) is 0 Å². The van der Waals surface area contributed by atoms with Crippen molar-refractivity contribution in [3.05, 3.63) is 28.0 Å². The lowest BCUT2D eigenvalue weighted by Gasteiger charge is -2.04. The van der Waals surface area contributed by atoms with Crippen LogP contribution in [0.5, 0.6) is 0 Å². The van der Waals surface area contributed by atoms with Crippen LogP contribution in [-0.4, -0.2) is 33.2 Å². The molecular weight excluding hydrogens is 328 g/mol. The number of carbonyl (C=O) groups is 2. The molecule has 0 aromatic carbocycles. The van der Waals surface area contributed by atoms with Crippen LogP contribution in [0.3, 0.4) is 0 Å². The largest absolute Gasteiger partial charge is 0.466 e. The van der Waals surface area contributed by atoms with E-state index in [1.165, 1.54) is 22.2 Å². The maximum absolute atomic E-state index is 12.2. The average Bonchev–Trinajstić information content (AvgIpc) is 3.05. The minimum atomic E-state index is -0.388. The quantitative estimate of drug-likeness (QED) is 0.814. The summed E-state index contributed by atoms with van der Waals surface area (Å²) in [5, 5.41) is 9.04. The van der Waals surface area contributed by atoms with E-state index >= 15 is 0 Å². The third-order valence-corrected chi connectivity index (χ3v) is 3.80. The second kappa shape index (κ2) is 7.37. The number of halogens is 1. The van der Waals surface area contributed by atoms with E-state index in [0.29, 0.717) is 24.0 Å². The number of aryl methyl sites for hydroxylation is 1. The number of nitrogens with zero attached hydrogens (tertiary/aromatic N) is 3. The highest BCUT2D eigenvalue weighted by atomic mass is 35.5. The Morgan fingerprint density at radius 1 is 1.45 bits per heavy atom. The number of carbonyl (C=O) groups excluding carboxylic acids is 2. The van der Waals surface area contributed by atoms with Crippen LogP contribution in [0.2, 0.25) is 5.02 Å². The third kappa shape index (κ3) is 3.83. The van der Waals surface area contributed by atoms with E-state index in [2.05, 4.69) is 15.4 Å². The highest BCUT2D eigenvalue weighted by Gasteiger charge is 2.18. The lowest BCUT2D eigenvalue weighted by atomic mass is 10.3. The van der Waals surface area contributed by atoms with Gasteiger partial charge in [-0.2, -0.15) is 5.10 Å². The maximum Gasteiger partial charge on any atom is 0.311 e. The molecule has 1 N–H and O–H groups in total. The number of esters is 1. The second-order valence-corrected chi connectivity index (χ2v) is 5.50. The molecule has 2 aromatic heterocycles. The summed E-state index contributed by atoms with van der Waals surface area (Å²) in [6.45, 7) is 4.46. The maximum atomic E-state index is 12.2. The molecule has 0 unspecified atom stereocenters. The third-order valence-electron chi connectivity index (χ3n) is 2.71.